The van der Waals surface area contributed by atoms with E-state index in [0.29, 0.717) is 0 Å². The first-order chi connectivity index (χ1) is 16.0. The molecule has 0 unspecified atom stereocenters. The summed E-state index contributed by atoms with van der Waals surface area (Å²) in [6.45, 7) is 29.0. The standard InChI is InChI=1S/C17H18.C6H6.5C2H6/c1-11-5-7-13-14-8-6-12(2)10-16(14)17(3,4)15(13)9-11;1-2-4-6-5-3-1;5*1-2/h5-10H,1-4H3;1-6H;5*1-2H3. The molecule has 3 aromatic rings. The molecular formula is C33H54. The van der Waals surface area contributed by atoms with Crippen molar-refractivity contribution in [3.05, 3.63) is 95.1 Å². The third-order valence-electron chi connectivity index (χ3n) is 4.65. The van der Waals surface area contributed by atoms with E-state index in [1.807, 2.05) is 106 Å². The third kappa shape index (κ3) is 10.9. The Labute approximate surface area is 208 Å². The normalized spacial score (nSPS) is 10.4. The summed E-state index contributed by atoms with van der Waals surface area (Å²) in [5.41, 5.74) is 8.60. The lowest BCUT2D eigenvalue weighted by Crippen LogP contribution is -2.15. The van der Waals surface area contributed by atoms with Crippen molar-refractivity contribution < 1.29 is 0 Å². The van der Waals surface area contributed by atoms with E-state index >= 15 is 0 Å². The van der Waals surface area contributed by atoms with Crippen molar-refractivity contribution in [3.8, 4) is 11.1 Å². The summed E-state index contributed by atoms with van der Waals surface area (Å²) in [5, 5.41) is 0. The SMILES string of the molecule is CC.CC.CC.CC.CC.Cc1ccc2c(c1)C(C)(C)c1cc(C)ccc1-2.c1ccccc1. The largest absolute Gasteiger partial charge is 0.0683 e. The van der Waals surface area contributed by atoms with Gasteiger partial charge < -0.3 is 0 Å². The van der Waals surface area contributed by atoms with Crippen molar-refractivity contribution in [2.45, 2.75) is 102 Å². The number of aryl methyl sites for hydroxylation is 2. The molecule has 0 heteroatoms. The topological polar surface area (TPSA) is 0 Å². The number of benzene rings is 3. The lowest BCUT2D eigenvalue weighted by molar-refractivity contribution is 0.659. The van der Waals surface area contributed by atoms with Gasteiger partial charge in [0.25, 0.3) is 0 Å². The summed E-state index contributed by atoms with van der Waals surface area (Å²) >= 11 is 0. The summed E-state index contributed by atoms with van der Waals surface area (Å²) in [7, 11) is 0. The zero-order chi connectivity index (χ0) is 26.4. The van der Waals surface area contributed by atoms with Crippen LogP contribution in [-0.2, 0) is 5.41 Å². The molecule has 0 aliphatic heterocycles. The first-order valence-corrected chi connectivity index (χ1v) is 13.2. The average molecular weight is 451 g/mol. The second-order valence-corrected chi connectivity index (χ2v) is 6.88. The fourth-order valence-electron chi connectivity index (χ4n) is 3.35. The second kappa shape index (κ2) is 21.5. The number of hydrogen-bond donors (Lipinski definition) is 0. The number of fused-ring (bicyclic) bond motifs is 3. The summed E-state index contributed by atoms with van der Waals surface area (Å²) in [4.78, 5) is 0. The zero-order valence-electron chi connectivity index (χ0n) is 24.4. The molecule has 0 atom stereocenters. The lowest BCUT2D eigenvalue weighted by atomic mass is 9.81. The Morgan fingerprint density at radius 3 is 0.909 bits per heavy atom. The van der Waals surface area contributed by atoms with Gasteiger partial charge in [0, 0.05) is 5.41 Å². The molecule has 0 saturated carbocycles. The van der Waals surface area contributed by atoms with Gasteiger partial charge in [0.05, 0.1) is 0 Å². The molecule has 1 aliphatic carbocycles. The van der Waals surface area contributed by atoms with Crippen molar-refractivity contribution in [1.29, 1.82) is 0 Å². The van der Waals surface area contributed by atoms with Crippen molar-refractivity contribution in [1.82, 2.24) is 0 Å². The van der Waals surface area contributed by atoms with Crippen LogP contribution in [0.2, 0.25) is 0 Å². The summed E-state index contributed by atoms with van der Waals surface area (Å²) in [6, 6.07) is 25.6. The molecule has 0 heterocycles. The number of hydrogen-bond acceptors (Lipinski definition) is 0. The minimum Gasteiger partial charge on any atom is -0.0683 e. The minimum atomic E-state index is 0.142. The Hall–Kier alpha value is -2.34. The lowest BCUT2D eigenvalue weighted by Gasteiger charge is -2.22. The Kier molecular flexibility index (Phi) is 23.0. The van der Waals surface area contributed by atoms with Crippen LogP contribution in [0.4, 0.5) is 0 Å². The van der Waals surface area contributed by atoms with Gasteiger partial charge in [-0.2, -0.15) is 0 Å². The van der Waals surface area contributed by atoms with Crippen LogP contribution in [0.5, 0.6) is 0 Å². The molecule has 0 N–H and O–H groups in total. The zero-order valence-corrected chi connectivity index (χ0v) is 24.4. The van der Waals surface area contributed by atoms with Gasteiger partial charge in [0.15, 0.2) is 0 Å². The van der Waals surface area contributed by atoms with Crippen molar-refractivity contribution in [2.24, 2.45) is 0 Å². The van der Waals surface area contributed by atoms with Gasteiger partial charge in [0.1, 0.15) is 0 Å². The van der Waals surface area contributed by atoms with Crippen molar-refractivity contribution in [3.63, 3.8) is 0 Å². The van der Waals surface area contributed by atoms with Gasteiger partial charge in [-0.05, 0) is 36.1 Å². The highest BCUT2D eigenvalue weighted by Crippen LogP contribution is 2.48. The van der Waals surface area contributed by atoms with Crippen LogP contribution in [0, 0.1) is 13.8 Å². The number of rotatable bonds is 0. The molecule has 0 fully saturated rings. The highest BCUT2D eigenvalue weighted by atomic mass is 14.4. The Morgan fingerprint density at radius 2 is 0.667 bits per heavy atom. The van der Waals surface area contributed by atoms with Gasteiger partial charge >= 0.3 is 0 Å². The molecule has 3 aromatic carbocycles. The first-order valence-electron chi connectivity index (χ1n) is 13.2. The fraction of sp³-hybridized carbons (Fsp3) is 0.455. The van der Waals surface area contributed by atoms with Crippen molar-refractivity contribution >= 4 is 0 Å². The quantitative estimate of drug-likeness (QED) is 0.319. The minimum absolute atomic E-state index is 0.142. The maximum atomic E-state index is 2.34. The molecule has 0 radical (unpaired) electrons. The maximum absolute atomic E-state index is 2.34. The predicted octanol–water partition coefficient (Wildman–Crippen LogP) is 11.4. The van der Waals surface area contributed by atoms with Gasteiger partial charge in [-0.1, -0.05) is 167 Å². The van der Waals surface area contributed by atoms with E-state index in [1.165, 1.54) is 33.4 Å². The van der Waals surface area contributed by atoms with Crippen molar-refractivity contribution in [2.75, 3.05) is 0 Å². The summed E-state index contributed by atoms with van der Waals surface area (Å²) in [6.07, 6.45) is 0. The summed E-state index contributed by atoms with van der Waals surface area (Å²) in [5.74, 6) is 0. The monoisotopic (exact) mass is 450 g/mol. The predicted molar refractivity (Wildman–Crippen MR) is 157 cm³/mol. The highest BCUT2D eigenvalue weighted by molar-refractivity contribution is 5.81. The van der Waals surface area contributed by atoms with Crippen LogP contribution in [0.15, 0.2) is 72.8 Å². The third-order valence-corrected chi connectivity index (χ3v) is 4.65. The van der Waals surface area contributed by atoms with Gasteiger partial charge in [0.2, 0.25) is 0 Å². The van der Waals surface area contributed by atoms with Gasteiger partial charge in [-0.3, -0.25) is 0 Å². The summed E-state index contributed by atoms with van der Waals surface area (Å²) < 4.78 is 0. The van der Waals surface area contributed by atoms with E-state index in [2.05, 4.69) is 64.1 Å². The molecule has 0 spiro atoms. The Bertz CT molecular complexity index is 730. The van der Waals surface area contributed by atoms with Crippen LogP contribution in [0.25, 0.3) is 11.1 Å². The Balaban J connectivity index is -0.000000471. The average Bonchev–Trinajstić information content (AvgIpc) is 3.12. The molecule has 186 valence electrons. The van der Waals surface area contributed by atoms with Crippen LogP contribution in [0.3, 0.4) is 0 Å². The van der Waals surface area contributed by atoms with Crippen LogP contribution >= 0.6 is 0 Å². The fourth-order valence-corrected chi connectivity index (χ4v) is 3.35. The van der Waals surface area contributed by atoms with E-state index in [9.17, 15) is 0 Å². The molecule has 1 aliphatic rings. The van der Waals surface area contributed by atoms with E-state index in [-0.39, 0.29) is 5.41 Å². The Morgan fingerprint density at radius 1 is 0.424 bits per heavy atom. The van der Waals surface area contributed by atoms with Crippen LogP contribution in [-0.4, -0.2) is 0 Å². The molecule has 33 heavy (non-hydrogen) atoms. The van der Waals surface area contributed by atoms with E-state index in [1.54, 1.807) is 0 Å². The van der Waals surface area contributed by atoms with Gasteiger partial charge in [-0.25, -0.2) is 0 Å². The molecule has 0 aromatic heterocycles. The van der Waals surface area contributed by atoms with Gasteiger partial charge in [-0.15, -0.1) is 0 Å². The van der Waals surface area contributed by atoms with Crippen LogP contribution in [0.1, 0.15) is 105 Å². The van der Waals surface area contributed by atoms with E-state index in [0.717, 1.165) is 0 Å². The van der Waals surface area contributed by atoms with Crippen LogP contribution < -0.4 is 0 Å². The molecule has 0 saturated heterocycles. The maximum Gasteiger partial charge on any atom is 0.0159 e. The smallest absolute Gasteiger partial charge is 0.0159 e. The first kappa shape index (κ1) is 35.3. The second-order valence-electron chi connectivity index (χ2n) is 6.88. The molecule has 4 rings (SSSR count). The highest BCUT2D eigenvalue weighted by Gasteiger charge is 2.35. The molecular weight excluding hydrogens is 396 g/mol. The molecule has 0 amide bonds. The van der Waals surface area contributed by atoms with E-state index < -0.39 is 0 Å². The molecule has 0 nitrogen and oxygen atoms in total. The van der Waals surface area contributed by atoms with E-state index in [4.69, 9.17) is 0 Å². The molecule has 0 bridgehead atoms.